The van der Waals surface area contributed by atoms with Crippen molar-refractivity contribution in [2.24, 2.45) is 0 Å². The van der Waals surface area contributed by atoms with Crippen molar-refractivity contribution in [1.29, 1.82) is 0 Å². The molecule has 0 saturated carbocycles. The first kappa shape index (κ1) is 19.1. The van der Waals surface area contributed by atoms with Gasteiger partial charge in [0.2, 0.25) is 0 Å². The van der Waals surface area contributed by atoms with Gasteiger partial charge in [-0.25, -0.2) is 9.78 Å². The lowest BCUT2D eigenvalue weighted by molar-refractivity contribution is -0.130. The quantitative estimate of drug-likeness (QED) is 0.823. The molecule has 0 spiro atoms. The molecule has 2 aromatic rings. The summed E-state index contributed by atoms with van der Waals surface area (Å²) in [6.07, 6.45) is 0.102. The maximum Gasteiger partial charge on any atom is 0.358 e. The minimum atomic E-state index is -0.874. The van der Waals surface area contributed by atoms with Crippen molar-refractivity contribution in [1.82, 2.24) is 10.3 Å². The van der Waals surface area contributed by atoms with Gasteiger partial charge in [-0.2, -0.15) is 0 Å². The number of hydrogen-bond donors (Lipinski definition) is 1. The summed E-state index contributed by atoms with van der Waals surface area (Å²) in [6.45, 7) is 9.26. The molecule has 0 radical (unpaired) electrons. The minimum Gasteiger partial charge on any atom is -0.448 e. The van der Waals surface area contributed by atoms with Gasteiger partial charge in [-0.05, 0) is 39.7 Å². The zero-order valence-electron chi connectivity index (χ0n) is 15.3. The molecule has 5 nitrogen and oxygen atoms in total. The van der Waals surface area contributed by atoms with Crippen LogP contribution in [0.25, 0.3) is 10.6 Å². The Morgan fingerprint density at radius 1 is 1.24 bits per heavy atom. The van der Waals surface area contributed by atoms with Gasteiger partial charge >= 0.3 is 5.97 Å². The SMILES string of the molecule is CCc1ccc(-c2nc(C(=O)O[C@H](C)C(=O)NC(C)(C)C)cs2)cc1. The third-order valence-electron chi connectivity index (χ3n) is 3.47. The Bertz CT molecular complexity index is 745. The first-order valence-corrected chi connectivity index (χ1v) is 9.15. The van der Waals surface area contributed by atoms with Crippen LogP contribution < -0.4 is 5.32 Å². The van der Waals surface area contributed by atoms with E-state index in [4.69, 9.17) is 4.74 Å². The summed E-state index contributed by atoms with van der Waals surface area (Å²) in [5, 5.41) is 5.19. The normalized spacial score (nSPS) is 12.5. The fraction of sp³-hybridized carbons (Fsp3) is 0.421. The molecular weight excluding hydrogens is 336 g/mol. The number of carbonyl (C=O) groups excluding carboxylic acids is 2. The van der Waals surface area contributed by atoms with E-state index in [1.807, 2.05) is 45.0 Å². The number of rotatable bonds is 5. The number of benzene rings is 1. The van der Waals surface area contributed by atoms with E-state index in [1.165, 1.54) is 16.9 Å². The maximum atomic E-state index is 12.2. The van der Waals surface area contributed by atoms with E-state index in [-0.39, 0.29) is 17.1 Å². The fourth-order valence-electron chi connectivity index (χ4n) is 2.13. The molecule has 0 aliphatic rings. The van der Waals surface area contributed by atoms with E-state index in [9.17, 15) is 9.59 Å². The average molecular weight is 360 g/mol. The van der Waals surface area contributed by atoms with Gasteiger partial charge in [-0.15, -0.1) is 11.3 Å². The summed E-state index contributed by atoms with van der Waals surface area (Å²) in [7, 11) is 0. The van der Waals surface area contributed by atoms with Gasteiger partial charge in [-0.1, -0.05) is 31.2 Å². The molecule has 1 atom stereocenters. The van der Waals surface area contributed by atoms with Crippen LogP contribution in [0.2, 0.25) is 0 Å². The van der Waals surface area contributed by atoms with Crippen LogP contribution >= 0.6 is 11.3 Å². The Hall–Kier alpha value is -2.21. The minimum absolute atomic E-state index is 0.218. The van der Waals surface area contributed by atoms with E-state index in [2.05, 4.69) is 17.2 Å². The summed E-state index contributed by atoms with van der Waals surface area (Å²) in [5.74, 6) is -0.921. The molecule has 1 aromatic heterocycles. The molecule has 134 valence electrons. The highest BCUT2D eigenvalue weighted by molar-refractivity contribution is 7.13. The Morgan fingerprint density at radius 3 is 2.44 bits per heavy atom. The number of amides is 1. The van der Waals surface area contributed by atoms with Crippen LogP contribution in [0.15, 0.2) is 29.6 Å². The van der Waals surface area contributed by atoms with Gasteiger partial charge in [0.15, 0.2) is 11.8 Å². The van der Waals surface area contributed by atoms with Crippen molar-refractivity contribution in [3.8, 4) is 10.6 Å². The van der Waals surface area contributed by atoms with Crippen LogP contribution in [0.5, 0.6) is 0 Å². The van der Waals surface area contributed by atoms with E-state index in [0.29, 0.717) is 0 Å². The molecule has 2 rings (SSSR count). The zero-order valence-corrected chi connectivity index (χ0v) is 16.1. The number of aryl methyl sites for hydroxylation is 1. The lowest BCUT2D eigenvalue weighted by Gasteiger charge is -2.23. The predicted octanol–water partition coefficient (Wildman–Crippen LogP) is 3.83. The molecule has 0 aliphatic heterocycles. The van der Waals surface area contributed by atoms with Crippen molar-refractivity contribution >= 4 is 23.2 Å². The first-order chi connectivity index (χ1) is 11.7. The van der Waals surface area contributed by atoms with Crippen molar-refractivity contribution in [2.75, 3.05) is 0 Å². The van der Waals surface area contributed by atoms with Gasteiger partial charge in [0.1, 0.15) is 5.01 Å². The molecule has 1 amide bonds. The Balaban J connectivity index is 2.03. The Kier molecular flexibility index (Phi) is 5.95. The van der Waals surface area contributed by atoms with Crippen molar-refractivity contribution in [3.63, 3.8) is 0 Å². The second kappa shape index (κ2) is 7.78. The van der Waals surface area contributed by atoms with Crippen LogP contribution in [0, 0.1) is 0 Å². The third kappa shape index (κ3) is 5.39. The molecule has 6 heteroatoms. The standard InChI is InChI=1S/C19H24N2O3S/c1-6-13-7-9-14(10-8-13)17-20-15(11-25-17)18(23)24-12(2)16(22)21-19(3,4)5/h7-12H,6H2,1-5H3,(H,21,22)/t12-/m1/s1. The lowest BCUT2D eigenvalue weighted by atomic mass is 10.1. The Labute approximate surface area is 152 Å². The molecule has 0 bridgehead atoms. The van der Waals surface area contributed by atoms with Crippen molar-refractivity contribution < 1.29 is 14.3 Å². The molecule has 0 aliphatic carbocycles. The molecule has 0 saturated heterocycles. The summed E-state index contributed by atoms with van der Waals surface area (Å²) in [6, 6.07) is 8.08. The summed E-state index contributed by atoms with van der Waals surface area (Å²) >= 11 is 1.38. The van der Waals surface area contributed by atoms with Gasteiger partial charge in [-0.3, -0.25) is 4.79 Å². The third-order valence-corrected chi connectivity index (χ3v) is 4.37. The number of hydrogen-bond acceptors (Lipinski definition) is 5. The van der Waals surface area contributed by atoms with Crippen LogP contribution in [0.3, 0.4) is 0 Å². The highest BCUT2D eigenvalue weighted by atomic mass is 32.1. The van der Waals surface area contributed by atoms with Gasteiger partial charge < -0.3 is 10.1 Å². The second-order valence-corrected chi connectivity index (χ2v) is 7.73. The number of thiazole rings is 1. The number of ether oxygens (including phenoxy) is 1. The average Bonchev–Trinajstić information content (AvgIpc) is 3.03. The molecule has 1 N–H and O–H groups in total. The maximum absolute atomic E-state index is 12.2. The second-order valence-electron chi connectivity index (χ2n) is 6.88. The summed E-state index contributed by atoms with van der Waals surface area (Å²) in [5.41, 5.74) is 2.05. The van der Waals surface area contributed by atoms with Crippen LogP contribution in [0.1, 0.15) is 50.7 Å². The van der Waals surface area contributed by atoms with Crippen LogP contribution in [0.4, 0.5) is 0 Å². The largest absolute Gasteiger partial charge is 0.448 e. The van der Waals surface area contributed by atoms with Crippen molar-refractivity contribution in [2.45, 2.75) is 52.7 Å². The van der Waals surface area contributed by atoms with Gasteiger partial charge in [0, 0.05) is 16.5 Å². The molecule has 1 heterocycles. The smallest absolute Gasteiger partial charge is 0.358 e. The fourth-order valence-corrected chi connectivity index (χ4v) is 2.92. The number of esters is 1. The topological polar surface area (TPSA) is 68.3 Å². The van der Waals surface area contributed by atoms with Crippen LogP contribution in [-0.2, 0) is 16.0 Å². The molecule has 0 fully saturated rings. The van der Waals surface area contributed by atoms with E-state index >= 15 is 0 Å². The highest BCUT2D eigenvalue weighted by Gasteiger charge is 2.24. The summed E-state index contributed by atoms with van der Waals surface area (Å²) in [4.78, 5) is 28.6. The summed E-state index contributed by atoms with van der Waals surface area (Å²) < 4.78 is 5.22. The van der Waals surface area contributed by atoms with Gasteiger partial charge in [0.05, 0.1) is 0 Å². The monoisotopic (exact) mass is 360 g/mol. The van der Waals surface area contributed by atoms with E-state index < -0.39 is 12.1 Å². The van der Waals surface area contributed by atoms with E-state index in [0.717, 1.165) is 17.0 Å². The molecule has 1 aromatic carbocycles. The predicted molar refractivity (Wildman–Crippen MR) is 99.7 cm³/mol. The zero-order chi connectivity index (χ0) is 18.6. The van der Waals surface area contributed by atoms with Crippen LogP contribution in [-0.4, -0.2) is 28.5 Å². The molecular formula is C19H24N2O3S. The number of nitrogens with zero attached hydrogens (tertiary/aromatic N) is 1. The lowest BCUT2D eigenvalue weighted by Crippen LogP contribution is -2.46. The van der Waals surface area contributed by atoms with E-state index in [1.54, 1.807) is 12.3 Å². The first-order valence-electron chi connectivity index (χ1n) is 8.27. The molecule has 25 heavy (non-hydrogen) atoms. The van der Waals surface area contributed by atoms with Crippen molar-refractivity contribution in [3.05, 3.63) is 40.9 Å². The Morgan fingerprint density at radius 2 is 1.88 bits per heavy atom. The number of aromatic nitrogens is 1. The van der Waals surface area contributed by atoms with Gasteiger partial charge in [0.25, 0.3) is 5.91 Å². The molecule has 0 unspecified atom stereocenters. The highest BCUT2D eigenvalue weighted by Crippen LogP contribution is 2.24. The number of carbonyl (C=O) groups is 2. The number of nitrogens with one attached hydrogen (secondary N) is 1.